The number of rotatable bonds is 1. The molecule has 1 amide bonds. The molecule has 0 radical (unpaired) electrons. The number of aryl methyl sites for hydroxylation is 1. The van der Waals surface area contributed by atoms with Gasteiger partial charge in [0.1, 0.15) is 0 Å². The summed E-state index contributed by atoms with van der Waals surface area (Å²) in [6, 6.07) is 0.738. The van der Waals surface area contributed by atoms with Crippen LogP contribution < -0.4 is 5.32 Å². The van der Waals surface area contributed by atoms with Crippen molar-refractivity contribution in [2.24, 2.45) is 0 Å². The molecule has 4 heteroatoms. The Balaban J connectivity index is 1.93. The van der Waals surface area contributed by atoms with Crippen LogP contribution in [-0.2, 0) is 4.79 Å². The number of fused-ring (bicyclic) bond motifs is 1. The van der Waals surface area contributed by atoms with Crippen molar-refractivity contribution in [1.82, 2.24) is 10.2 Å². The van der Waals surface area contributed by atoms with Gasteiger partial charge < -0.3 is 10.2 Å². The molecule has 0 aromatic carbocycles. The summed E-state index contributed by atoms with van der Waals surface area (Å²) >= 11 is 1.83. The van der Waals surface area contributed by atoms with Gasteiger partial charge in [-0.05, 0) is 36.8 Å². The number of nitrogens with zero attached hydrogens (tertiary/aromatic N) is 1. The average Bonchev–Trinajstić information content (AvgIpc) is 2.86. The number of thiophene rings is 1. The first-order valence-electron chi connectivity index (χ1n) is 6.26. The van der Waals surface area contributed by atoms with Crippen LogP contribution in [0.4, 0.5) is 0 Å². The number of amides is 1. The van der Waals surface area contributed by atoms with Gasteiger partial charge in [-0.1, -0.05) is 0 Å². The van der Waals surface area contributed by atoms with Crippen molar-refractivity contribution in [3.63, 3.8) is 0 Å². The topological polar surface area (TPSA) is 32.3 Å². The largest absolute Gasteiger partial charge is 0.336 e. The molecule has 1 unspecified atom stereocenters. The minimum Gasteiger partial charge on any atom is -0.336 e. The summed E-state index contributed by atoms with van der Waals surface area (Å²) in [5.41, 5.74) is 2.77. The standard InChI is InChI=1S/C13H18N2OS/c1-8-7-17-13(9(8)2)12-10-3-4-11(16)15(10)6-5-14-12/h7,10,12,14H,3-6H2,1-2H3/t10-,12?/m0/s1. The molecule has 2 aliphatic heterocycles. The van der Waals surface area contributed by atoms with Gasteiger partial charge in [0, 0.05) is 24.4 Å². The summed E-state index contributed by atoms with van der Waals surface area (Å²) in [4.78, 5) is 15.3. The van der Waals surface area contributed by atoms with Gasteiger partial charge in [-0.15, -0.1) is 11.3 Å². The zero-order valence-electron chi connectivity index (χ0n) is 10.3. The lowest BCUT2D eigenvalue weighted by Gasteiger charge is -2.37. The van der Waals surface area contributed by atoms with E-state index in [0.29, 0.717) is 18.0 Å². The fourth-order valence-corrected chi connectivity index (χ4v) is 4.17. The lowest BCUT2D eigenvalue weighted by atomic mass is 9.98. The lowest BCUT2D eigenvalue weighted by molar-refractivity contribution is -0.130. The normalized spacial score (nSPS) is 28.6. The van der Waals surface area contributed by atoms with Crippen LogP contribution in [0.2, 0.25) is 0 Å². The van der Waals surface area contributed by atoms with Crippen molar-refractivity contribution in [2.75, 3.05) is 13.1 Å². The molecule has 0 aliphatic carbocycles. The molecule has 2 fully saturated rings. The molecule has 1 aromatic rings. The zero-order chi connectivity index (χ0) is 12.0. The van der Waals surface area contributed by atoms with E-state index in [-0.39, 0.29) is 0 Å². The van der Waals surface area contributed by atoms with Crippen LogP contribution >= 0.6 is 11.3 Å². The van der Waals surface area contributed by atoms with Gasteiger partial charge in [-0.3, -0.25) is 4.79 Å². The Hall–Kier alpha value is -0.870. The number of hydrogen-bond donors (Lipinski definition) is 1. The van der Waals surface area contributed by atoms with Gasteiger partial charge in [0.2, 0.25) is 5.91 Å². The quantitative estimate of drug-likeness (QED) is 0.827. The van der Waals surface area contributed by atoms with E-state index in [4.69, 9.17) is 0 Å². The summed E-state index contributed by atoms with van der Waals surface area (Å²) in [6.07, 6.45) is 1.74. The molecule has 2 saturated heterocycles. The third kappa shape index (κ3) is 1.70. The van der Waals surface area contributed by atoms with Crippen LogP contribution in [0.5, 0.6) is 0 Å². The predicted molar refractivity (Wildman–Crippen MR) is 69.3 cm³/mol. The highest BCUT2D eigenvalue weighted by atomic mass is 32.1. The van der Waals surface area contributed by atoms with Crippen molar-refractivity contribution in [3.05, 3.63) is 21.4 Å². The Kier molecular flexibility index (Phi) is 2.71. The van der Waals surface area contributed by atoms with E-state index in [1.807, 2.05) is 11.3 Å². The van der Waals surface area contributed by atoms with Crippen molar-refractivity contribution in [2.45, 2.75) is 38.8 Å². The predicted octanol–water partition coefficient (Wildman–Crippen LogP) is 2.00. The van der Waals surface area contributed by atoms with Gasteiger partial charge in [0.25, 0.3) is 0 Å². The summed E-state index contributed by atoms with van der Waals surface area (Å²) in [7, 11) is 0. The van der Waals surface area contributed by atoms with E-state index in [0.717, 1.165) is 25.9 Å². The Bertz CT molecular complexity index is 454. The molecule has 0 spiro atoms. The summed E-state index contributed by atoms with van der Waals surface area (Å²) in [6.45, 7) is 6.15. The van der Waals surface area contributed by atoms with Crippen LogP contribution in [0.25, 0.3) is 0 Å². The lowest BCUT2D eigenvalue weighted by Crippen LogP contribution is -2.51. The van der Waals surface area contributed by atoms with Crippen LogP contribution in [0.1, 0.15) is 34.9 Å². The first-order valence-corrected chi connectivity index (χ1v) is 7.14. The van der Waals surface area contributed by atoms with Gasteiger partial charge in [0.15, 0.2) is 0 Å². The number of nitrogens with one attached hydrogen (secondary N) is 1. The van der Waals surface area contributed by atoms with Gasteiger partial charge in [-0.2, -0.15) is 0 Å². The molecule has 3 heterocycles. The molecule has 1 N–H and O–H groups in total. The summed E-state index contributed by atoms with van der Waals surface area (Å²) in [5.74, 6) is 0.340. The summed E-state index contributed by atoms with van der Waals surface area (Å²) in [5, 5.41) is 5.82. The SMILES string of the molecule is Cc1csc(C2NCCN3C(=O)CC[C@@H]23)c1C. The Morgan fingerprint density at radius 1 is 1.47 bits per heavy atom. The van der Waals surface area contributed by atoms with Gasteiger partial charge >= 0.3 is 0 Å². The molecule has 0 bridgehead atoms. The van der Waals surface area contributed by atoms with Gasteiger partial charge in [0.05, 0.1) is 12.1 Å². The molecule has 0 saturated carbocycles. The molecule has 1 aromatic heterocycles. The van der Waals surface area contributed by atoms with E-state index >= 15 is 0 Å². The maximum Gasteiger partial charge on any atom is 0.223 e. The molecular weight excluding hydrogens is 232 g/mol. The van der Waals surface area contributed by atoms with E-state index in [1.54, 1.807) is 0 Å². The van der Waals surface area contributed by atoms with Crippen molar-refractivity contribution < 1.29 is 4.79 Å². The zero-order valence-corrected chi connectivity index (χ0v) is 11.1. The van der Waals surface area contributed by atoms with Gasteiger partial charge in [-0.25, -0.2) is 0 Å². The van der Waals surface area contributed by atoms with E-state index in [9.17, 15) is 4.79 Å². The fraction of sp³-hybridized carbons (Fsp3) is 0.615. The minimum absolute atomic E-state index is 0.340. The minimum atomic E-state index is 0.340. The maximum atomic E-state index is 11.8. The fourth-order valence-electron chi connectivity index (χ4n) is 2.97. The number of carbonyl (C=O) groups is 1. The van der Waals surface area contributed by atoms with E-state index in [1.165, 1.54) is 16.0 Å². The molecule has 17 heavy (non-hydrogen) atoms. The van der Waals surface area contributed by atoms with Crippen molar-refractivity contribution in [3.8, 4) is 0 Å². The van der Waals surface area contributed by atoms with Crippen molar-refractivity contribution >= 4 is 17.2 Å². The highest BCUT2D eigenvalue weighted by molar-refractivity contribution is 7.10. The monoisotopic (exact) mass is 250 g/mol. The second-order valence-electron chi connectivity index (χ2n) is 5.03. The third-order valence-electron chi connectivity index (χ3n) is 4.08. The highest BCUT2D eigenvalue weighted by Crippen LogP contribution is 2.37. The maximum absolute atomic E-state index is 11.8. The summed E-state index contributed by atoms with van der Waals surface area (Å²) < 4.78 is 0. The number of hydrogen-bond acceptors (Lipinski definition) is 3. The Morgan fingerprint density at radius 2 is 2.29 bits per heavy atom. The van der Waals surface area contributed by atoms with E-state index < -0.39 is 0 Å². The number of carbonyl (C=O) groups excluding carboxylic acids is 1. The molecule has 92 valence electrons. The molecule has 3 rings (SSSR count). The molecule has 3 nitrogen and oxygen atoms in total. The average molecular weight is 250 g/mol. The first kappa shape index (κ1) is 11.2. The third-order valence-corrected chi connectivity index (χ3v) is 5.37. The van der Waals surface area contributed by atoms with Crippen LogP contribution in [0.3, 0.4) is 0 Å². The van der Waals surface area contributed by atoms with Crippen LogP contribution in [0.15, 0.2) is 5.38 Å². The number of piperazine rings is 1. The smallest absolute Gasteiger partial charge is 0.223 e. The Morgan fingerprint density at radius 3 is 3.00 bits per heavy atom. The first-order chi connectivity index (χ1) is 8.18. The molecule has 2 aliphatic rings. The molecular formula is C13H18N2OS. The second-order valence-corrected chi connectivity index (χ2v) is 5.94. The van der Waals surface area contributed by atoms with Crippen LogP contribution in [0, 0.1) is 13.8 Å². The molecule has 2 atom stereocenters. The van der Waals surface area contributed by atoms with Crippen molar-refractivity contribution in [1.29, 1.82) is 0 Å². The van der Waals surface area contributed by atoms with E-state index in [2.05, 4.69) is 29.4 Å². The second kappa shape index (κ2) is 4.10. The van der Waals surface area contributed by atoms with Crippen LogP contribution in [-0.4, -0.2) is 29.9 Å². The highest BCUT2D eigenvalue weighted by Gasteiger charge is 2.40. The Labute approximate surface area is 106 Å².